The van der Waals surface area contributed by atoms with Crippen molar-refractivity contribution in [2.24, 2.45) is 11.8 Å². The van der Waals surface area contributed by atoms with Crippen molar-refractivity contribution in [1.29, 1.82) is 0 Å². The minimum Gasteiger partial charge on any atom is -0.455 e. The van der Waals surface area contributed by atoms with E-state index in [0.717, 1.165) is 16.3 Å². The Hall–Kier alpha value is -4.80. The summed E-state index contributed by atoms with van der Waals surface area (Å²) in [5.41, 5.74) is -0.00269. The summed E-state index contributed by atoms with van der Waals surface area (Å²) in [5, 5.41) is 11.5. The summed E-state index contributed by atoms with van der Waals surface area (Å²) < 4.78 is 13.2. The molecule has 7 rings (SSSR count). The van der Waals surface area contributed by atoms with Crippen molar-refractivity contribution >= 4 is 40.2 Å². The highest BCUT2D eigenvalue weighted by atomic mass is 16.6. The van der Waals surface area contributed by atoms with E-state index in [2.05, 4.69) is 0 Å². The third-order valence-electron chi connectivity index (χ3n) is 11.0. The van der Waals surface area contributed by atoms with Crippen LogP contribution in [0.25, 0.3) is 10.8 Å². The Morgan fingerprint density at radius 2 is 1.65 bits per heavy atom. The summed E-state index contributed by atoms with van der Waals surface area (Å²) in [6.07, 6.45) is 8.10. The van der Waals surface area contributed by atoms with Crippen LogP contribution >= 0.6 is 0 Å². The number of ether oxygens (including phenoxy) is 2. The molecule has 3 amide bonds. The second-order valence-corrected chi connectivity index (χ2v) is 14.0. The number of likely N-dealkylation sites (N-methyl/N-ethyl adjacent to an activating group) is 1. The van der Waals surface area contributed by atoms with Gasteiger partial charge in [-0.15, -0.1) is 0 Å². The molecule has 1 spiro atoms. The molecule has 10 heteroatoms. The maximum atomic E-state index is 14.9. The van der Waals surface area contributed by atoms with Crippen LogP contribution in [0.3, 0.4) is 0 Å². The zero-order valence-corrected chi connectivity index (χ0v) is 29.1. The molecule has 266 valence electrons. The molecular formula is C41H45N3O7. The SMILES string of the molecule is C[C@@H]1[C@@H](c2ccccc2)OC(=O)[C@@H]2[C@H]3C(=O)N(CCCCCO)[C@@H]4C(=O)N(c5ccc6ccccc6c5)CC=C[C@]34O[C@@H]2/C=C\CCC(=O)N1C. The van der Waals surface area contributed by atoms with Gasteiger partial charge in [-0.1, -0.05) is 85.0 Å². The van der Waals surface area contributed by atoms with Crippen molar-refractivity contribution in [3.63, 3.8) is 0 Å². The second kappa shape index (κ2) is 14.4. The number of carbonyl (C=O) groups is 4. The van der Waals surface area contributed by atoms with Gasteiger partial charge in [0.15, 0.2) is 0 Å². The van der Waals surface area contributed by atoms with E-state index in [4.69, 9.17) is 9.47 Å². The monoisotopic (exact) mass is 691 g/mol. The molecule has 3 aromatic carbocycles. The minimum atomic E-state index is -1.43. The molecule has 0 aromatic heterocycles. The first-order chi connectivity index (χ1) is 24.7. The number of aliphatic hydroxyl groups excluding tert-OH is 1. The fourth-order valence-electron chi connectivity index (χ4n) is 8.28. The van der Waals surface area contributed by atoms with Gasteiger partial charge in [0.05, 0.1) is 18.1 Å². The lowest BCUT2D eigenvalue weighted by atomic mass is 9.77. The van der Waals surface area contributed by atoms with E-state index in [1.54, 1.807) is 27.8 Å². The normalized spacial score (nSPS) is 30.3. The Balaban J connectivity index is 1.30. The van der Waals surface area contributed by atoms with Gasteiger partial charge in [-0.05, 0) is 61.1 Å². The highest BCUT2D eigenvalue weighted by molar-refractivity contribution is 6.06. The number of fused-ring (bicyclic) bond motifs is 3. The number of nitrogens with zero attached hydrogens (tertiary/aromatic N) is 3. The van der Waals surface area contributed by atoms with Gasteiger partial charge in [0.2, 0.25) is 11.8 Å². The fourth-order valence-corrected chi connectivity index (χ4v) is 8.28. The van der Waals surface area contributed by atoms with Gasteiger partial charge in [-0.2, -0.15) is 0 Å². The summed E-state index contributed by atoms with van der Waals surface area (Å²) in [7, 11) is 1.71. The number of amides is 3. The Morgan fingerprint density at radius 3 is 2.43 bits per heavy atom. The largest absolute Gasteiger partial charge is 0.455 e. The van der Waals surface area contributed by atoms with Crippen LogP contribution in [0.4, 0.5) is 5.69 Å². The van der Waals surface area contributed by atoms with Gasteiger partial charge < -0.3 is 29.3 Å². The van der Waals surface area contributed by atoms with E-state index in [-0.39, 0.29) is 43.8 Å². The molecule has 0 bridgehead atoms. The lowest BCUT2D eigenvalue weighted by molar-refractivity contribution is -0.164. The highest BCUT2D eigenvalue weighted by Crippen LogP contribution is 2.53. The molecule has 3 aromatic rings. The molecule has 0 radical (unpaired) electrons. The minimum absolute atomic E-state index is 0.0359. The summed E-state index contributed by atoms with van der Waals surface area (Å²) in [4.78, 5) is 62.4. The molecule has 2 saturated heterocycles. The van der Waals surface area contributed by atoms with Crippen molar-refractivity contribution in [2.45, 2.75) is 68.9 Å². The maximum absolute atomic E-state index is 14.9. The highest BCUT2D eigenvalue weighted by Gasteiger charge is 2.71. The van der Waals surface area contributed by atoms with Crippen LogP contribution in [0.15, 0.2) is 97.1 Å². The number of cyclic esters (lactones) is 1. The molecule has 2 fully saturated rings. The van der Waals surface area contributed by atoms with Gasteiger partial charge in [0.25, 0.3) is 5.91 Å². The molecule has 4 aliphatic heterocycles. The van der Waals surface area contributed by atoms with E-state index in [1.165, 1.54) is 0 Å². The van der Waals surface area contributed by atoms with Crippen molar-refractivity contribution in [3.8, 4) is 0 Å². The average Bonchev–Trinajstić information content (AvgIpc) is 3.53. The number of anilines is 1. The molecule has 4 heterocycles. The fraction of sp³-hybridized carbons (Fsp3) is 0.415. The average molecular weight is 692 g/mol. The van der Waals surface area contributed by atoms with Gasteiger partial charge in [0, 0.05) is 38.9 Å². The maximum Gasteiger partial charge on any atom is 0.313 e. The zero-order valence-electron chi connectivity index (χ0n) is 29.1. The van der Waals surface area contributed by atoms with Crippen LogP contribution < -0.4 is 4.90 Å². The molecule has 4 aliphatic rings. The lowest BCUT2D eigenvalue weighted by Gasteiger charge is -2.35. The third-order valence-corrected chi connectivity index (χ3v) is 11.0. The van der Waals surface area contributed by atoms with Crippen molar-refractivity contribution in [2.75, 3.05) is 31.6 Å². The number of unbranched alkanes of at least 4 members (excludes halogenated alkanes) is 2. The van der Waals surface area contributed by atoms with Gasteiger partial charge >= 0.3 is 5.97 Å². The van der Waals surface area contributed by atoms with E-state index in [9.17, 15) is 24.3 Å². The van der Waals surface area contributed by atoms with Crippen LogP contribution in [-0.2, 0) is 28.7 Å². The summed E-state index contributed by atoms with van der Waals surface area (Å²) in [5.74, 6) is -3.37. The molecular weight excluding hydrogens is 646 g/mol. The first kappa shape index (κ1) is 34.6. The van der Waals surface area contributed by atoms with Crippen LogP contribution in [0.2, 0.25) is 0 Å². The van der Waals surface area contributed by atoms with Gasteiger partial charge in [-0.3, -0.25) is 19.2 Å². The Labute approximate surface area is 298 Å². The second-order valence-electron chi connectivity index (χ2n) is 14.0. The number of aliphatic hydroxyl groups is 1. The quantitative estimate of drug-likeness (QED) is 0.211. The number of benzene rings is 3. The zero-order chi connectivity index (χ0) is 35.7. The van der Waals surface area contributed by atoms with E-state index < -0.39 is 47.7 Å². The molecule has 0 unspecified atom stereocenters. The molecule has 1 N–H and O–H groups in total. The first-order valence-corrected chi connectivity index (χ1v) is 18.0. The van der Waals surface area contributed by atoms with Crippen molar-refractivity contribution in [3.05, 3.63) is 103 Å². The van der Waals surface area contributed by atoms with Crippen LogP contribution in [-0.4, -0.2) is 89.1 Å². The lowest BCUT2D eigenvalue weighted by Crippen LogP contribution is -2.55. The molecule has 10 nitrogen and oxygen atoms in total. The standard InChI is InChI=1S/C41H45N3O7/c1-27-36(29-15-5-3-6-16-29)50-40(49)34-32(18-9-10-19-33(46)42(27)2)51-41-22-13-24-43(31-21-20-28-14-7-8-17-30(28)26-31)39(48)37(41)44(38(47)35(34)41)23-11-4-12-25-45/h3,5-9,13-18,20-22,26-27,32,34-37,45H,4,10-12,19,23-25H2,1-2H3/b18-9-/t27-,32-,34+,35+,36+,37-,41+/m1/s1. The molecule has 51 heavy (non-hydrogen) atoms. The number of likely N-dealkylation sites (tertiary alicyclic amines) is 1. The van der Waals surface area contributed by atoms with E-state index in [0.29, 0.717) is 31.4 Å². The number of rotatable bonds is 7. The van der Waals surface area contributed by atoms with E-state index in [1.807, 2.05) is 97.9 Å². The van der Waals surface area contributed by atoms with Crippen LogP contribution in [0, 0.1) is 11.8 Å². The Bertz CT molecular complexity index is 1860. The number of hydrogen-bond donors (Lipinski definition) is 1. The van der Waals surface area contributed by atoms with Crippen molar-refractivity contribution < 1.29 is 33.8 Å². The Kier molecular flexibility index (Phi) is 9.81. The number of hydrogen-bond acceptors (Lipinski definition) is 7. The van der Waals surface area contributed by atoms with Gasteiger partial charge in [-0.25, -0.2) is 0 Å². The number of esters is 1. The summed E-state index contributed by atoms with van der Waals surface area (Å²) in [6, 6.07) is 21.6. The summed E-state index contributed by atoms with van der Waals surface area (Å²) in [6.45, 7) is 2.42. The smallest absolute Gasteiger partial charge is 0.313 e. The Morgan fingerprint density at radius 1 is 0.882 bits per heavy atom. The first-order valence-electron chi connectivity index (χ1n) is 18.0. The number of carbonyl (C=O) groups excluding carboxylic acids is 4. The topological polar surface area (TPSA) is 117 Å². The van der Waals surface area contributed by atoms with Gasteiger partial charge in [0.1, 0.15) is 23.7 Å². The predicted octanol–water partition coefficient (Wildman–Crippen LogP) is 4.97. The molecule has 0 saturated carbocycles. The van der Waals surface area contributed by atoms with Crippen molar-refractivity contribution in [1.82, 2.24) is 9.80 Å². The van der Waals surface area contributed by atoms with Crippen LogP contribution in [0.1, 0.15) is 50.7 Å². The molecule has 0 aliphatic carbocycles. The summed E-state index contributed by atoms with van der Waals surface area (Å²) >= 11 is 0. The van der Waals surface area contributed by atoms with E-state index >= 15 is 0 Å². The predicted molar refractivity (Wildman–Crippen MR) is 192 cm³/mol. The number of allylic oxidation sites excluding steroid dienone is 1. The third kappa shape index (κ3) is 6.25. The van der Waals surface area contributed by atoms with Crippen LogP contribution in [0.5, 0.6) is 0 Å². The molecule has 7 atom stereocenters.